The van der Waals surface area contributed by atoms with Gasteiger partial charge in [0.1, 0.15) is 0 Å². The largest absolute Gasteiger partial charge is 0.347 e. The van der Waals surface area contributed by atoms with Crippen LogP contribution in [0.1, 0.15) is 36.5 Å². The van der Waals surface area contributed by atoms with Gasteiger partial charge in [-0.3, -0.25) is 0 Å². The zero-order valence-electron chi connectivity index (χ0n) is 11.8. The van der Waals surface area contributed by atoms with Gasteiger partial charge in [0, 0.05) is 18.1 Å². The molecule has 2 N–H and O–H groups in total. The predicted molar refractivity (Wildman–Crippen MR) is 79.1 cm³/mol. The molecule has 0 aliphatic rings. The Bertz CT molecular complexity index is 538. The number of hydrogen-bond acceptors (Lipinski definition) is 1. The van der Waals surface area contributed by atoms with Crippen molar-refractivity contribution in [3.05, 3.63) is 35.0 Å². The molecule has 0 spiro atoms. The van der Waals surface area contributed by atoms with Crippen LogP contribution in [0.25, 0.3) is 10.9 Å². The summed E-state index contributed by atoms with van der Waals surface area (Å²) in [6, 6.07) is 4.60. The Labute approximate surface area is 110 Å². The lowest BCUT2D eigenvalue weighted by atomic mass is 10.0. The van der Waals surface area contributed by atoms with E-state index in [-0.39, 0.29) is 0 Å². The molecule has 18 heavy (non-hydrogen) atoms. The summed E-state index contributed by atoms with van der Waals surface area (Å²) in [6.07, 6.45) is 5.66. The van der Waals surface area contributed by atoms with E-state index in [2.05, 4.69) is 43.7 Å². The van der Waals surface area contributed by atoms with E-state index >= 15 is 0 Å². The molecular weight excluding hydrogens is 220 g/mol. The van der Waals surface area contributed by atoms with E-state index < -0.39 is 0 Å². The monoisotopic (exact) mass is 244 g/mol. The zero-order chi connectivity index (χ0) is 13.1. The quantitative estimate of drug-likeness (QED) is 0.856. The Morgan fingerprint density at radius 3 is 2.67 bits per heavy atom. The molecule has 0 saturated carbocycles. The van der Waals surface area contributed by atoms with Crippen LogP contribution in [0.5, 0.6) is 0 Å². The van der Waals surface area contributed by atoms with Crippen molar-refractivity contribution in [2.75, 3.05) is 6.54 Å². The Hall–Kier alpha value is -1.28. The lowest BCUT2D eigenvalue weighted by Crippen LogP contribution is -2.00. The van der Waals surface area contributed by atoms with Gasteiger partial charge >= 0.3 is 0 Å². The maximum Gasteiger partial charge on any atom is 0.0513 e. The van der Waals surface area contributed by atoms with Gasteiger partial charge in [-0.1, -0.05) is 18.6 Å². The van der Waals surface area contributed by atoms with Crippen molar-refractivity contribution in [2.24, 2.45) is 5.73 Å². The number of nitrogens with two attached hydrogens (primary N) is 1. The van der Waals surface area contributed by atoms with E-state index in [1.54, 1.807) is 0 Å². The highest BCUT2D eigenvalue weighted by Crippen LogP contribution is 2.27. The van der Waals surface area contributed by atoms with Gasteiger partial charge < -0.3 is 10.3 Å². The van der Waals surface area contributed by atoms with Gasteiger partial charge in [-0.2, -0.15) is 0 Å². The molecule has 1 heterocycles. The number of nitrogens with zero attached hydrogens (tertiary/aromatic N) is 1. The van der Waals surface area contributed by atoms with Crippen LogP contribution in [0.3, 0.4) is 0 Å². The van der Waals surface area contributed by atoms with Crippen molar-refractivity contribution in [3.63, 3.8) is 0 Å². The molecule has 0 amide bonds. The molecule has 1 aromatic carbocycles. The highest BCUT2D eigenvalue weighted by Gasteiger charge is 2.10. The Morgan fingerprint density at radius 1 is 1.22 bits per heavy atom. The predicted octanol–water partition coefficient (Wildman–Crippen LogP) is 3.56. The van der Waals surface area contributed by atoms with Crippen molar-refractivity contribution in [2.45, 2.75) is 46.6 Å². The first-order valence-electron chi connectivity index (χ1n) is 6.96. The minimum absolute atomic E-state index is 0.769. The fraction of sp³-hybridized carbons (Fsp3) is 0.500. The Morgan fingerprint density at radius 2 is 2.00 bits per heavy atom. The van der Waals surface area contributed by atoms with Gasteiger partial charge in [0.25, 0.3) is 0 Å². The van der Waals surface area contributed by atoms with Crippen LogP contribution in [-0.2, 0) is 13.0 Å². The van der Waals surface area contributed by atoms with E-state index in [1.165, 1.54) is 34.0 Å². The second-order valence-corrected chi connectivity index (χ2v) is 5.22. The molecule has 2 heteroatoms. The second kappa shape index (κ2) is 5.57. The molecule has 0 unspecified atom stereocenters. The zero-order valence-corrected chi connectivity index (χ0v) is 11.8. The molecule has 0 fully saturated rings. The summed E-state index contributed by atoms with van der Waals surface area (Å²) in [4.78, 5) is 0. The van der Waals surface area contributed by atoms with Crippen molar-refractivity contribution < 1.29 is 0 Å². The third kappa shape index (κ3) is 2.44. The van der Waals surface area contributed by atoms with Gasteiger partial charge in [0.05, 0.1) is 5.52 Å². The molecule has 2 nitrogen and oxygen atoms in total. The van der Waals surface area contributed by atoms with E-state index in [4.69, 9.17) is 5.73 Å². The van der Waals surface area contributed by atoms with Crippen LogP contribution >= 0.6 is 0 Å². The SMILES string of the molecule is CCCn1cc(CCCN)c2cc(C)cc(C)c21. The van der Waals surface area contributed by atoms with Crippen LogP contribution < -0.4 is 5.73 Å². The summed E-state index contributed by atoms with van der Waals surface area (Å²) < 4.78 is 2.41. The smallest absolute Gasteiger partial charge is 0.0513 e. The summed E-state index contributed by atoms with van der Waals surface area (Å²) in [5.41, 5.74) is 11.2. The summed E-state index contributed by atoms with van der Waals surface area (Å²) in [5.74, 6) is 0. The fourth-order valence-electron chi connectivity index (χ4n) is 2.82. The number of hydrogen-bond donors (Lipinski definition) is 1. The molecule has 0 aliphatic carbocycles. The number of rotatable bonds is 5. The van der Waals surface area contributed by atoms with Gasteiger partial charge in [-0.05, 0) is 56.8 Å². The topological polar surface area (TPSA) is 30.9 Å². The lowest BCUT2D eigenvalue weighted by molar-refractivity contribution is 0.698. The number of aromatic nitrogens is 1. The minimum Gasteiger partial charge on any atom is -0.347 e. The summed E-state index contributed by atoms with van der Waals surface area (Å²) >= 11 is 0. The summed E-state index contributed by atoms with van der Waals surface area (Å²) in [5, 5.41) is 1.43. The number of fused-ring (bicyclic) bond motifs is 1. The van der Waals surface area contributed by atoms with Crippen LogP contribution in [0.4, 0.5) is 0 Å². The summed E-state index contributed by atoms with van der Waals surface area (Å²) in [6.45, 7) is 8.49. The first-order chi connectivity index (χ1) is 8.67. The number of benzene rings is 1. The van der Waals surface area contributed by atoms with Crippen LogP contribution in [0.2, 0.25) is 0 Å². The first kappa shape index (κ1) is 13.2. The van der Waals surface area contributed by atoms with E-state index in [0.29, 0.717) is 0 Å². The molecule has 0 radical (unpaired) electrons. The van der Waals surface area contributed by atoms with Crippen LogP contribution in [-0.4, -0.2) is 11.1 Å². The second-order valence-electron chi connectivity index (χ2n) is 5.22. The normalized spacial score (nSPS) is 11.3. The standard InChI is InChI=1S/C16H24N2/c1-4-8-18-11-14(6-5-7-17)15-10-12(2)9-13(3)16(15)18/h9-11H,4-8,17H2,1-3H3. The Balaban J connectivity index is 2.56. The fourth-order valence-corrected chi connectivity index (χ4v) is 2.82. The van der Waals surface area contributed by atoms with Crippen molar-refractivity contribution in [1.29, 1.82) is 0 Å². The first-order valence-corrected chi connectivity index (χ1v) is 6.96. The molecular formula is C16H24N2. The minimum atomic E-state index is 0.769. The van der Waals surface area contributed by atoms with Crippen molar-refractivity contribution in [1.82, 2.24) is 4.57 Å². The highest BCUT2D eigenvalue weighted by molar-refractivity contribution is 5.87. The van der Waals surface area contributed by atoms with Gasteiger partial charge in [0.2, 0.25) is 0 Å². The maximum absolute atomic E-state index is 5.64. The highest BCUT2D eigenvalue weighted by atomic mass is 15.0. The molecule has 0 aliphatic heterocycles. The van der Waals surface area contributed by atoms with Gasteiger partial charge in [-0.25, -0.2) is 0 Å². The van der Waals surface area contributed by atoms with E-state index in [9.17, 15) is 0 Å². The third-order valence-electron chi connectivity index (χ3n) is 3.50. The van der Waals surface area contributed by atoms with Crippen LogP contribution in [0.15, 0.2) is 18.3 Å². The van der Waals surface area contributed by atoms with Crippen molar-refractivity contribution in [3.8, 4) is 0 Å². The lowest BCUT2D eigenvalue weighted by Gasteiger charge is -2.06. The van der Waals surface area contributed by atoms with E-state index in [0.717, 1.165) is 25.9 Å². The summed E-state index contributed by atoms with van der Waals surface area (Å²) in [7, 11) is 0. The van der Waals surface area contributed by atoms with Crippen molar-refractivity contribution >= 4 is 10.9 Å². The average molecular weight is 244 g/mol. The molecule has 0 bridgehead atoms. The molecule has 2 rings (SSSR count). The maximum atomic E-state index is 5.64. The Kier molecular flexibility index (Phi) is 4.07. The number of aryl methyl sites for hydroxylation is 4. The third-order valence-corrected chi connectivity index (χ3v) is 3.50. The average Bonchev–Trinajstić information content (AvgIpc) is 2.65. The molecule has 1 aromatic heterocycles. The molecule has 0 atom stereocenters. The van der Waals surface area contributed by atoms with Gasteiger partial charge in [0.15, 0.2) is 0 Å². The van der Waals surface area contributed by atoms with Gasteiger partial charge in [-0.15, -0.1) is 0 Å². The molecule has 2 aromatic rings. The van der Waals surface area contributed by atoms with Crippen LogP contribution in [0, 0.1) is 13.8 Å². The molecule has 98 valence electrons. The molecule has 0 saturated heterocycles. The van der Waals surface area contributed by atoms with E-state index in [1.807, 2.05) is 0 Å².